The van der Waals surface area contributed by atoms with Gasteiger partial charge in [-0.1, -0.05) is 0 Å². The molecule has 14 nitrogen and oxygen atoms in total. The smallest absolute Gasteiger partial charge is 0.410 e. The molecule has 2 aromatic heterocycles. The molecule has 3 unspecified atom stereocenters. The number of nitrogen functional groups attached to an aromatic ring is 1. The number of nitrogens with one attached hydrogen (secondary N) is 1. The number of carbonyl (C=O) groups is 2. The number of piperidine rings is 1. The van der Waals surface area contributed by atoms with Gasteiger partial charge in [-0.15, -0.1) is 0 Å². The van der Waals surface area contributed by atoms with E-state index >= 15 is 0 Å². The monoisotopic (exact) mass is 544 g/mol. The second-order valence-electron chi connectivity index (χ2n) is 11.3. The lowest BCUT2D eigenvalue weighted by atomic mass is 9.93. The predicted octanol–water partition coefficient (Wildman–Crippen LogP) is -0.598. The summed E-state index contributed by atoms with van der Waals surface area (Å²) in [4.78, 5) is 42.4. The molecule has 39 heavy (non-hydrogen) atoms. The van der Waals surface area contributed by atoms with Crippen molar-refractivity contribution < 1.29 is 29.3 Å². The molecule has 0 aromatic carbocycles. The van der Waals surface area contributed by atoms with Crippen molar-refractivity contribution in [3.8, 4) is 0 Å². The van der Waals surface area contributed by atoms with E-state index in [0.717, 1.165) is 45.2 Å². The molecule has 0 bridgehead atoms. The fourth-order valence-corrected chi connectivity index (χ4v) is 5.67. The number of hydrogen-bond donors (Lipinski definition) is 4. The Morgan fingerprint density at radius 3 is 2.59 bits per heavy atom. The van der Waals surface area contributed by atoms with Gasteiger partial charge in [-0.3, -0.25) is 9.36 Å². The van der Waals surface area contributed by atoms with Gasteiger partial charge in [0, 0.05) is 38.6 Å². The normalized spacial score (nSPS) is 30.2. The highest BCUT2D eigenvalue weighted by Crippen LogP contribution is 2.33. The van der Waals surface area contributed by atoms with Crippen molar-refractivity contribution in [1.29, 1.82) is 0 Å². The van der Waals surface area contributed by atoms with Gasteiger partial charge >= 0.3 is 6.09 Å². The lowest BCUT2D eigenvalue weighted by molar-refractivity contribution is -0.137. The zero-order valence-electron chi connectivity index (χ0n) is 22.0. The van der Waals surface area contributed by atoms with Crippen molar-refractivity contribution >= 4 is 29.0 Å². The van der Waals surface area contributed by atoms with Crippen LogP contribution in [0.1, 0.15) is 44.2 Å². The van der Waals surface area contributed by atoms with E-state index in [0.29, 0.717) is 36.5 Å². The van der Waals surface area contributed by atoms with E-state index in [-0.39, 0.29) is 30.0 Å². The maximum absolute atomic E-state index is 12.6. The largest absolute Gasteiger partial charge is 0.445 e. The van der Waals surface area contributed by atoms with Gasteiger partial charge in [0.25, 0.3) is 5.91 Å². The molecular formula is C25H36N8O6. The Morgan fingerprint density at radius 1 is 1.13 bits per heavy atom. The Labute approximate surface area is 225 Å². The molecule has 2 amide bonds. The Morgan fingerprint density at radius 2 is 1.90 bits per heavy atom. The highest BCUT2D eigenvalue weighted by atomic mass is 16.6. The number of anilines is 1. The van der Waals surface area contributed by atoms with E-state index in [9.17, 15) is 19.8 Å². The number of rotatable bonds is 6. The lowest BCUT2D eigenvalue weighted by Gasteiger charge is -2.31. The van der Waals surface area contributed by atoms with E-state index in [1.807, 2.05) is 7.05 Å². The van der Waals surface area contributed by atoms with Crippen LogP contribution in [0, 0.1) is 5.92 Å². The zero-order chi connectivity index (χ0) is 27.3. The third kappa shape index (κ3) is 5.38. The molecule has 212 valence electrons. The molecule has 0 spiro atoms. The number of aliphatic hydroxyl groups excluding tert-OH is 2. The maximum atomic E-state index is 12.6. The number of nitrogens with two attached hydrogens (primary N) is 1. The quantitative estimate of drug-likeness (QED) is 0.365. The van der Waals surface area contributed by atoms with Crippen LogP contribution in [-0.2, 0) is 20.7 Å². The number of likely N-dealkylation sites (N-methyl/N-ethyl adjacent to an activating group) is 1. The van der Waals surface area contributed by atoms with Crippen molar-refractivity contribution in [2.24, 2.45) is 5.92 Å². The van der Waals surface area contributed by atoms with Gasteiger partial charge in [0.15, 0.2) is 23.8 Å². The number of likely N-dealkylation sites (tertiary alicyclic amines) is 2. The van der Waals surface area contributed by atoms with Crippen LogP contribution >= 0.6 is 0 Å². The van der Waals surface area contributed by atoms with Crippen LogP contribution < -0.4 is 11.1 Å². The SMILES string of the molecule is CN1CCC(OC(=O)N2CCC(Cc3nc(N)c4ncn([C@@H]5O[C@H](C(=O)NC6CC6)C(O)C5O)c4n3)CC2)C1. The lowest BCUT2D eigenvalue weighted by Crippen LogP contribution is -2.43. The minimum Gasteiger partial charge on any atom is -0.445 e. The fourth-order valence-electron chi connectivity index (χ4n) is 5.67. The predicted molar refractivity (Wildman–Crippen MR) is 137 cm³/mol. The molecule has 6 rings (SSSR count). The number of aliphatic hydroxyl groups is 2. The van der Waals surface area contributed by atoms with Crippen LogP contribution in [0.5, 0.6) is 0 Å². The third-order valence-electron chi connectivity index (χ3n) is 8.15. The minimum atomic E-state index is -1.39. The number of fused-ring (bicyclic) bond motifs is 1. The van der Waals surface area contributed by atoms with E-state index in [4.69, 9.17) is 15.2 Å². The average Bonchev–Trinajstić information content (AvgIpc) is 3.34. The van der Waals surface area contributed by atoms with Gasteiger partial charge in [0.1, 0.15) is 29.7 Å². The molecule has 1 aliphatic carbocycles. The van der Waals surface area contributed by atoms with Gasteiger partial charge in [-0.2, -0.15) is 0 Å². The molecule has 5 N–H and O–H groups in total. The van der Waals surface area contributed by atoms with E-state index in [2.05, 4.69) is 25.2 Å². The van der Waals surface area contributed by atoms with Crippen LogP contribution in [0.2, 0.25) is 0 Å². The fraction of sp³-hybridized carbons (Fsp3) is 0.720. The molecule has 14 heteroatoms. The number of ether oxygens (including phenoxy) is 2. The number of aromatic nitrogens is 4. The van der Waals surface area contributed by atoms with Crippen LogP contribution in [0.3, 0.4) is 0 Å². The first-order valence-corrected chi connectivity index (χ1v) is 13.7. The summed E-state index contributed by atoms with van der Waals surface area (Å²) in [5.74, 6) is 0.530. The van der Waals surface area contributed by atoms with Crippen molar-refractivity contribution in [2.45, 2.75) is 75.2 Å². The Bertz CT molecular complexity index is 1230. The molecule has 5 heterocycles. The molecule has 4 fully saturated rings. The van der Waals surface area contributed by atoms with Gasteiger partial charge in [-0.05, 0) is 45.1 Å². The van der Waals surface area contributed by atoms with E-state index in [1.165, 1.54) is 10.9 Å². The van der Waals surface area contributed by atoms with Crippen molar-refractivity contribution in [1.82, 2.24) is 34.6 Å². The Balaban J connectivity index is 1.10. The minimum absolute atomic E-state index is 0.0421. The zero-order valence-corrected chi connectivity index (χ0v) is 22.0. The highest BCUT2D eigenvalue weighted by Gasteiger charge is 2.48. The molecule has 0 radical (unpaired) electrons. The summed E-state index contributed by atoms with van der Waals surface area (Å²) < 4.78 is 13.0. The van der Waals surface area contributed by atoms with Gasteiger partial charge in [-0.25, -0.2) is 19.7 Å². The summed E-state index contributed by atoms with van der Waals surface area (Å²) in [5, 5.41) is 24.0. The first-order valence-electron chi connectivity index (χ1n) is 13.7. The number of carbonyl (C=O) groups excluding carboxylic acids is 2. The average molecular weight is 545 g/mol. The first kappa shape index (κ1) is 26.2. The summed E-state index contributed by atoms with van der Waals surface area (Å²) >= 11 is 0. The second kappa shape index (κ2) is 10.5. The van der Waals surface area contributed by atoms with Crippen molar-refractivity contribution in [2.75, 3.05) is 39.0 Å². The number of hydrogen-bond acceptors (Lipinski definition) is 11. The molecular weight excluding hydrogens is 508 g/mol. The third-order valence-corrected chi connectivity index (χ3v) is 8.15. The van der Waals surface area contributed by atoms with Crippen LogP contribution in [0.15, 0.2) is 6.33 Å². The van der Waals surface area contributed by atoms with E-state index in [1.54, 1.807) is 4.90 Å². The highest BCUT2D eigenvalue weighted by molar-refractivity contribution is 5.83. The molecule has 2 aromatic rings. The maximum Gasteiger partial charge on any atom is 0.410 e. The molecule has 5 atom stereocenters. The molecule has 1 saturated carbocycles. The van der Waals surface area contributed by atoms with Crippen LogP contribution in [-0.4, -0.2) is 115 Å². The molecule has 3 saturated heterocycles. The number of amides is 2. The molecule has 4 aliphatic rings. The summed E-state index contributed by atoms with van der Waals surface area (Å²) in [7, 11) is 2.02. The molecule has 3 aliphatic heterocycles. The van der Waals surface area contributed by atoms with E-state index < -0.39 is 30.4 Å². The topological polar surface area (TPSA) is 181 Å². The summed E-state index contributed by atoms with van der Waals surface area (Å²) in [6, 6.07) is 0.0977. The van der Waals surface area contributed by atoms with Gasteiger partial charge in [0.05, 0.1) is 6.33 Å². The summed E-state index contributed by atoms with van der Waals surface area (Å²) in [6.45, 7) is 2.92. The van der Waals surface area contributed by atoms with Crippen molar-refractivity contribution in [3.05, 3.63) is 12.2 Å². The summed E-state index contributed by atoms with van der Waals surface area (Å²) in [5.41, 5.74) is 6.92. The van der Waals surface area contributed by atoms with Crippen LogP contribution in [0.4, 0.5) is 10.6 Å². The Kier molecular flexibility index (Phi) is 7.04. The summed E-state index contributed by atoms with van der Waals surface area (Å²) in [6.07, 6.45) is 0.917. The van der Waals surface area contributed by atoms with Gasteiger partial charge < -0.3 is 40.5 Å². The van der Waals surface area contributed by atoms with Gasteiger partial charge in [0.2, 0.25) is 0 Å². The Hall–Kier alpha value is -3.07. The van der Waals surface area contributed by atoms with Crippen molar-refractivity contribution in [3.63, 3.8) is 0 Å². The standard InChI is InChI=1S/C25H36N8O6/c1-31-7-6-15(11-31)38-25(37)32-8-4-13(5-9-32)10-16-29-21(26)17-22(30-16)33(12-27-17)24-19(35)18(34)20(39-24)23(36)28-14-2-3-14/h12-15,18-20,24,34-35H,2-11H2,1H3,(H,28,36)(H2,26,29,30)/t15?,18?,19?,20-,24+/m0/s1. The van der Waals surface area contributed by atoms with Crippen LogP contribution in [0.25, 0.3) is 11.2 Å². The number of imidazole rings is 1. The second-order valence-corrected chi connectivity index (χ2v) is 11.3. The first-order chi connectivity index (χ1) is 18.8. The number of nitrogens with zero attached hydrogens (tertiary/aromatic N) is 6.